The summed E-state index contributed by atoms with van der Waals surface area (Å²) in [5.41, 5.74) is 11.8. The fourth-order valence-corrected chi connectivity index (χ4v) is 5.84. The van der Waals surface area contributed by atoms with Crippen molar-refractivity contribution >= 4 is 20.2 Å². The van der Waals surface area contributed by atoms with Crippen LogP contribution in [0.3, 0.4) is 0 Å². The van der Waals surface area contributed by atoms with Crippen LogP contribution in [0.1, 0.15) is 22.3 Å². The molecule has 0 spiro atoms. The molecule has 0 saturated carbocycles. The molecule has 0 unspecified atom stereocenters. The van der Waals surface area contributed by atoms with Gasteiger partial charge >= 0.3 is 0 Å². The molecule has 6 nitrogen and oxygen atoms in total. The van der Waals surface area contributed by atoms with Gasteiger partial charge in [0.1, 0.15) is 0 Å². The lowest BCUT2D eigenvalue weighted by Gasteiger charge is -2.11. The zero-order valence-electron chi connectivity index (χ0n) is 24.8. The van der Waals surface area contributed by atoms with Crippen LogP contribution >= 0.6 is 0 Å². The van der Waals surface area contributed by atoms with E-state index >= 15 is 0 Å². The zero-order chi connectivity index (χ0) is 31.2. The van der Waals surface area contributed by atoms with Crippen LogP contribution in [0.4, 0.5) is 0 Å². The second-order valence-corrected chi connectivity index (χ2v) is 15.3. The van der Waals surface area contributed by atoms with E-state index in [0.717, 1.165) is 44.5 Å². The van der Waals surface area contributed by atoms with Gasteiger partial charge in [-0.05, 0) is 83.9 Å². The summed E-state index contributed by atoms with van der Waals surface area (Å²) in [6.45, 7) is 4.60. The van der Waals surface area contributed by atoms with Gasteiger partial charge in [-0.1, -0.05) is 72.8 Å². The van der Waals surface area contributed by atoms with E-state index in [4.69, 9.17) is 21.7 Å². The summed E-state index contributed by atoms with van der Waals surface area (Å²) in [5.74, 6) is 7.07. The summed E-state index contributed by atoms with van der Waals surface area (Å²) in [5, 5.41) is 16.8. The first-order chi connectivity index (χ1) is 21.9. The Kier molecular flexibility index (Phi) is 8.19. The molecule has 2 aromatic heterocycles. The first-order valence-electron chi connectivity index (χ1n) is 14.3. The SMILES string of the molecule is C#Cc1ccc(-c2nnc(-c3ccc(/C=C/[Si](C)(C)/C=C/c4ccc(-c5nnc(-c6ccc(C#C)cc6)o5)cc4)cc3)o2)cc1. The zero-order valence-corrected chi connectivity index (χ0v) is 25.8. The highest BCUT2D eigenvalue weighted by Crippen LogP contribution is 2.26. The molecular formula is C38H28N4O2Si. The van der Waals surface area contributed by atoms with E-state index in [0.29, 0.717) is 23.6 Å². The molecule has 0 saturated heterocycles. The largest absolute Gasteiger partial charge is 0.416 e. The first-order valence-corrected chi connectivity index (χ1v) is 17.4. The smallest absolute Gasteiger partial charge is 0.248 e. The van der Waals surface area contributed by atoms with Crippen LogP contribution in [0.5, 0.6) is 0 Å². The lowest BCUT2D eigenvalue weighted by molar-refractivity contribution is 0.584. The Bertz CT molecular complexity index is 1920. The number of aromatic nitrogens is 4. The fraction of sp³-hybridized carbons (Fsp3) is 0.0526. The molecule has 0 aliphatic carbocycles. The molecule has 216 valence electrons. The summed E-state index contributed by atoms with van der Waals surface area (Å²) in [6, 6.07) is 31.1. The lowest BCUT2D eigenvalue weighted by Crippen LogP contribution is -2.18. The van der Waals surface area contributed by atoms with Gasteiger partial charge in [-0.2, -0.15) is 0 Å². The minimum atomic E-state index is -1.77. The van der Waals surface area contributed by atoms with Gasteiger partial charge in [0.05, 0.1) is 8.07 Å². The highest BCUT2D eigenvalue weighted by atomic mass is 28.3. The van der Waals surface area contributed by atoms with Gasteiger partial charge in [-0.25, -0.2) is 0 Å². The molecule has 6 rings (SSSR count). The van der Waals surface area contributed by atoms with Crippen molar-refractivity contribution < 1.29 is 8.83 Å². The highest BCUT2D eigenvalue weighted by molar-refractivity contribution is 6.87. The average molecular weight is 601 g/mol. The third-order valence-corrected chi connectivity index (χ3v) is 9.22. The Morgan fingerprint density at radius 1 is 0.489 bits per heavy atom. The topological polar surface area (TPSA) is 77.8 Å². The molecule has 0 bridgehead atoms. The Balaban J connectivity index is 1.07. The lowest BCUT2D eigenvalue weighted by atomic mass is 10.1. The van der Waals surface area contributed by atoms with Crippen molar-refractivity contribution in [2.75, 3.05) is 0 Å². The van der Waals surface area contributed by atoms with Gasteiger partial charge in [0.15, 0.2) is 0 Å². The summed E-state index contributed by atoms with van der Waals surface area (Å²) in [6.07, 6.45) is 15.2. The summed E-state index contributed by atoms with van der Waals surface area (Å²) < 4.78 is 11.8. The maximum Gasteiger partial charge on any atom is 0.248 e. The van der Waals surface area contributed by atoms with E-state index in [9.17, 15) is 0 Å². The third-order valence-electron chi connectivity index (χ3n) is 7.17. The second kappa shape index (κ2) is 12.7. The van der Waals surface area contributed by atoms with Gasteiger partial charge in [0, 0.05) is 33.4 Å². The van der Waals surface area contributed by atoms with Crippen LogP contribution in [0.15, 0.2) is 117 Å². The molecule has 4 aromatic carbocycles. The molecule has 6 aromatic rings. The van der Waals surface area contributed by atoms with Crippen molar-refractivity contribution in [3.8, 4) is 70.5 Å². The molecule has 2 heterocycles. The number of rotatable bonds is 8. The van der Waals surface area contributed by atoms with Crippen molar-refractivity contribution in [2.24, 2.45) is 0 Å². The number of terminal acetylenes is 2. The standard InChI is InChI=1S/C38H28N4O2Si/c1-5-27-7-15-31(16-8-27)35-39-41-37(43-35)33-19-11-29(12-20-33)23-25-45(3,4)26-24-30-13-21-34(22-14-30)38-42-40-36(44-38)32-17-9-28(6-2)10-18-32/h1-2,7-26H,3-4H3/b25-23+,26-24+. The molecular weight excluding hydrogens is 573 g/mol. The highest BCUT2D eigenvalue weighted by Gasteiger charge is 2.14. The molecule has 7 heteroatoms. The number of benzene rings is 4. The molecule has 0 radical (unpaired) electrons. The average Bonchev–Trinajstić information content (AvgIpc) is 3.79. The predicted molar refractivity (Wildman–Crippen MR) is 182 cm³/mol. The van der Waals surface area contributed by atoms with Crippen LogP contribution in [-0.2, 0) is 0 Å². The molecule has 0 aliphatic heterocycles. The Hall–Kier alpha value is -6.02. The van der Waals surface area contributed by atoms with Crippen molar-refractivity contribution in [1.29, 1.82) is 0 Å². The Labute approximate surface area is 263 Å². The van der Waals surface area contributed by atoms with Crippen LogP contribution in [0.2, 0.25) is 13.1 Å². The molecule has 45 heavy (non-hydrogen) atoms. The van der Waals surface area contributed by atoms with E-state index in [1.807, 2.05) is 72.8 Å². The summed E-state index contributed by atoms with van der Waals surface area (Å²) in [4.78, 5) is 0. The van der Waals surface area contributed by atoms with E-state index < -0.39 is 8.07 Å². The summed E-state index contributed by atoms with van der Waals surface area (Å²) >= 11 is 0. The van der Waals surface area contributed by atoms with Gasteiger partial charge in [-0.3, -0.25) is 0 Å². The van der Waals surface area contributed by atoms with Crippen LogP contribution in [0.25, 0.3) is 58.0 Å². The van der Waals surface area contributed by atoms with E-state index in [2.05, 4.69) is 93.1 Å². The monoisotopic (exact) mass is 600 g/mol. The maximum absolute atomic E-state index is 5.90. The molecule has 0 fully saturated rings. The van der Waals surface area contributed by atoms with Crippen LogP contribution in [0, 0.1) is 24.7 Å². The number of hydrogen-bond donors (Lipinski definition) is 0. The van der Waals surface area contributed by atoms with Gasteiger partial charge in [-0.15, -0.1) is 33.2 Å². The first kappa shape index (κ1) is 29.1. The van der Waals surface area contributed by atoms with E-state index in [1.54, 1.807) is 0 Å². The fourth-order valence-electron chi connectivity index (χ4n) is 4.48. The van der Waals surface area contributed by atoms with Crippen LogP contribution < -0.4 is 0 Å². The van der Waals surface area contributed by atoms with Gasteiger partial charge in [0.25, 0.3) is 0 Å². The van der Waals surface area contributed by atoms with Gasteiger partial charge in [0.2, 0.25) is 23.6 Å². The normalized spacial score (nSPS) is 11.6. The molecule has 0 atom stereocenters. The van der Waals surface area contributed by atoms with Crippen molar-refractivity contribution in [1.82, 2.24) is 20.4 Å². The second-order valence-electron chi connectivity index (χ2n) is 11.0. The predicted octanol–water partition coefficient (Wildman–Crippen LogP) is 8.60. The Morgan fingerprint density at radius 2 is 0.778 bits per heavy atom. The van der Waals surface area contributed by atoms with E-state index in [-0.39, 0.29) is 0 Å². The summed E-state index contributed by atoms with van der Waals surface area (Å²) in [7, 11) is -1.77. The van der Waals surface area contributed by atoms with Crippen molar-refractivity contribution in [3.05, 3.63) is 131 Å². The van der Waals surface area contributed by atoms with Gasteiger partial charge < -0.3 is 8.83 Å². The maximum atomic E-state index is 5.90. The van der Waals surface area contributed by atoms with Crippen molar-refractivity contribution in [3.63, 3.8) is 0 Å². The minimum Gasteiger partial charge on any atom is -0.416 e. The minimum absolute atomic E-state index is 0.457. The molecule has 0 N–H and O–H groups in total. The third kappa shape index (κ3) is 6.97. The Morgan fingerprint density at radius 3 is 1.07 bits per heavy atom. The van der Waals surface area contributed by atoms with Crippen LogP contribution in [-0.4, -0.2) is 28.5 Å². The van der Waals surface area contributed by atoms with E-state index in [1.165, 1.54) is 0 Å². The number of hydrogen-bond acceptors (Lipinski definition) is 6. The van der Waals surface area contributed by atoms with Crippen molar-refractivity contribution in [2.45, 2.75) is 13.1 Å². The quantitative estimate of drug-likeness (QED) is 0.129. The number of nitrogens with zero attached hydrogens (tertiary/aromatic N) is 4. The molecule has 0 aliphatic rings. The molecule has 0 amide bonds.